The molecule has 0 aromatic heterocycles. The smallest absolute Gasteiger partial charge is 0.303 e. The van der Waals surface area contributed by atoms with E-state index in [1.807, 2.05) is 0 Å². The van der Waals surface area contributed by atoms with Crippen LogP contribution in [0, 0.1) is 5.82 Å². The van der Waals surface area contributed by atoms with E-state index in [2.05, 4.69) is 0 Å². The van der Waals surface area contributed by atoms with Crippen LogP contribution < -0.4 is 0 Å². The van der Waals surface area contributed by atoms with Crippen molar-refractivity contribution in [2.45, 2.75) is 38.5 Å². The van der Waals surface area contributed by atoms with Crippen LogP contribution in [0.1, 0.15) is 37.7 Å². The molecule has 17 heavy (non-hydrogen) atoms. The lowest BCUT2D eigenvalue weighted by atomic mass is 10.0. The van der Waals surface area contributed by atoms with Crippen LogP contribution in [0.25, 0.3) is 0 Å². The first-order valence-electron chi connectivity index (χ1n) is 5.79. The summed E-state index contributed by atoms with van der Waals surface area (Å²) < 4.78 is 12.7. The molecule has 0 radical (unpaired) electrons. The number of aryl methyl sites for hydroxylation is 1. The largest absolute Gasteiger partial charge is 0.508 e. The van der Waals surface area contributed by atoms with Crippen LogP contribution in [0.4, 0.5) is 4.39 Å². The van der Waals surface area contributed by atoms with Gasteiger partial charge in [0.2, 0.25) is 0 Å². The fraction of sp³-hybridized carbons (Fsp3) is 0.462. The number of phenols is 1. The van der Waals surface area contributed by atoms with Gasteiger partial charge < -0.3 is 10.2 Å². The van der Waals surface area contributed by atoms with Crippen molar-refractivity contribution in [2.24, 2.45) is 0 Å². The summed E-state index contributed by atoms with van der Waals surface area (Å²) in [5.74, 6) is -1.20. The van der Waals surface area contributed by atoms with Crippen molar-refractivity contribution in [1.29, 1.82) is 0 Å². The van der Waals surface area contributed by atoms with Crippen molar-refractivity contribution >= 4 is 5.97 Å². The highest BCUT2D eigenvalue weighted by Crippen LogP contribution is 2.20. The van der Waals surface area contributed by atoms with Crippen LogP contribution in [-0.4, -0.2) is 16.2 Å². The summed E-state index contributed by atoms with van der Waals surface area (Å²) in [5, 5.41) is 17.9. The van der Waals surface area contributed by atoms with E-state index in [9.17, 15) is 14.3 Å². The summed E-state index contributed by atoms with van der Waals surface area (Å²) in [6.45, 7) is 0. The maximum Gasteiger partial charge on any atom is 0.303 e. The van der Waals surface area contributed by atoms with Gasteiger partial charge in [-0.15, -0.1) is 0 Å². The third kappa shape index (κ3) is 5.33. The molecule has 0 atom stereocenters. The Hall–Kier alpha value is -1.58. The molecule has 0 fully saturated rings. The van der Waals surface area contributed by atoms with E-state index >= 15 is 0 Å². The Bertz CT molecular complexity index is 377. The molecule has 0 aliphatic rings. The molecule has 0 amide bonds. The number of phenolic OH excluding ortho intramolecular Hbond substituents is 1. The topological polar surface area (TPSA) is 57.5 Å². The van der Waals surface area contributed by atoms with Crippen molar-refractivity contribution < 1.29 is 19.4 Å². The first-order chi connectivity index (χ1) is 8.09. The Morgan fingerprint density at radius 3 is 2.53 bits per heavy atom. The lowest BCUT2D eigenvalue weighted by Gasteiger charge is -2.04. The normalized spacial score (nSPS) is 10.4. The molecule has 1 rings (SSSR count). The molecule has 0 aliphatic carbocycles. The Balaban J connectivity index is 2.20. The number of carbonyl (C=O) groups is 1. The number of unbranched alkanes of at least 4 members (excludes halogenated alkanes) is 3. The van der Waals surface area contributed by atoms with E-state index in [4.69, 9.17) is 5.11 Å². The van der Waals surface area contributed by atoms with Gasteiger partial charge in [-0.25, -0.2) is 4.39 Å². The molecule has 0 saturated carbocycles. The zero-order valence-electron chi connectivity index (χ0n) is 9.66. The number of hydrogen-bond acceptors (Lipinski definition) is 2. The number of rotatable bonds is 7. The van der Waals surface area contributed by atoms with Gasteiger partial charge in [0.15, 0.2) is 0 Å². The standard InChI is InChI=1S/C13H17FO3/c14-11-8-7-10(12(15)9-11)5-3-1-2-4-6-13(16)17/h7-9,15H,1-6H2,(H,16,17). The molecule has 2 N–H and O–H groups in total. The van der Waals surface area contributed by atoms with E-state index in [-0.39, 0.29) is 12.2 Å². The molecule has 0 heterocycles. The summed E-state index contributed by atoms with van der Waals surface area (Å²) in [7, 11) is 0. The van der Waals surface area contributed by atoms with Gasteiger partial charge >= 0.3 is 5.97 Å². The Labute approximate surface area is 99.9 Å². The first-order valence-corrected chi connectivity index (χ1v) is 5.79. The number of carboxylic acid groups (broad SMARTS) is 1. The van der Waals surface area contributed by atoms with Gasteiger partial charge in [0.1, 0.15) is 11.6 Å². The third-order valence-electron chi connectivity index (χ3n) is 2.63. The molecule has 1 aromatic carbocycles. The van der Waals surface area contributed by atoms with Crippen LogP contribution >= 0.6 is 0 Å². The molecule has 3 nitrogen and oxygen atoms in total. The summed E-state index contributed by atoms with van der Waals surface area (Å²) in [6, 6.07) is 4.03. The van der Waals surface area contributed by atoms with Crippen LogP contribution in [-0.2, 0) is 11.2 Å². The highest BCUT2D eigenvalue weighted by atomic mass is 19.1. The van der Waals surface area contributed by atoms with Crippen LogP contribution in [0.15, 0.2) is 18.2 Å². The minimum atomic E-state index is -0.763. The van der Waals surface area contributed by atoms with Gasteiger partial charge in [0.25, 0.3) is 0 Å². The number of halogens is 1. The second kappa shape index (κ2) is 6.89. The molecular weight excluding hydrogens is 223 g/mol. The highest BCUT2D eigenvalue weighted by Gasteiger charge is 2.02. The second-order valence-electron chi connectivity index (χ2n) is 4.08. The van der Waals surface area contributed by atoms with Crippen molar-refractivity contribution in [3.63, 3.8) is 0 Å². The molecule has 0 saturated heterocycles. The molecular formula is C13H17FO3. The third-order valence-corrected chi connectivity index (χ3v) is 2.63. The number of benzene rings is 1. The predicted octanol–water partition coefficient (Wildman–Crippen LogP) is 3.11. The van der Waals surface area contributed by atoms with Crippen LogP contribution in [0.5, 0.6) is 5.75 Å². The van der Waals surface area contributed by atoms with E-state index in [1.54, 1.807) is 6.07 Å². The first kappa shape index (κ1) is 13.5. The summed E-state index contributed by atoms with van der Waals surface area (Å²) in [5.41, 5.74) is 0.740. The van der Waals surface area contributed by atoms with Gasteiger partial charge in [-0.2, -0.15) is 0 Å². The van der Waals surface area contributed by atoms with Gasteiger partial charge in [-0.1, -0.05) is 18.9 Å². The van der Waals surface area contributed by atoms with Gasteiger partial charge in [-0.05, 0) is 30.9 Å². The van der Waals surface area contributed by atoms with Crippen LogP contribution in [0.3, 0.4) is 0 Å². The fourth-order valence-corrected chi connectivity index (χ4v) is 1.69. The van der Waals surface area contributed by atoms with E-state index < -0.39 is 11.8 Å². The van der Waals surface area contributed by atoms with Gasteiger partial charge in [-0.3, -0.25) is 4.79 Å². The average molecular weight is 240 g/mol. The number of aromatic hydroxyl groups is 1. The quantitative estimate of drug-likeness (QED) is 0.720. The molecule has 4 heteroatoms. The Morgan fingerprint density at radius 2 is 1.88 bits per heavy atom. The van der Waals surface area contributed by atoms with E-state index in [1.165, 1.54) is 6.07 Å². The zero-order valence-corrected chi connectivity index (χ0v) is 9.66. The minimum absolute atomic E-state index is 0.00413. The molecule has 0 aliphatic heterocycles. The molecule has 0 unspecified atom stereocenters. The molecule has 94 valence electrons. The zero-order chi connectivity index (χ0) is 12.7. The summed E-state index contributed by atoms with van der Waals surface area (Å²) >= 11 is 0. The lowest BCUT2D eigenvalue weighted by molar-refractivity contribution is -0.137. The van der Waals surface area contributed by atoms with Crippen molar-refractivity contribution in [3.8, 4) is 5.75 Å². The average Bonchev–Trinajstić information content (AvgIpc) is 2.25. The maximum absolute atomic E-state index is 12.7. The van der Waals surface area contributed by atoms with Crippen molar-refractivity contribution in [1.82, 2.24) is 0 Å². The summed E-state index contributed by atoms with van der Waals surface area (Å²) in [4.78, 5) is 10.3. The molecule has 1 aromatic rings. The molecule has 0 spiro atoms. The lowest BCUT2D eigenvalue weighted by Crippen LogP contribution is -1.94. The SMILES string of the molecule is O=C(O)CCCCCCc1ccc(F)cc1O. The van der Waals surface area contributed by atoms with Gasteiger partial charge in [0, 0.05) is 12.5 Å². The van der Waals surface area contributed by atoms with Crippen molar-refractivity contribution in [2.75, 3.05) is 0 Å². The van der Waals surface area contributed by atoms with Gasteiger partial charge in [0.05, 0.1) is 0 Å². The van der Waals surface area contributed by atoms with Crippen molar-refractivity contribution in [3.05, 3.63) is 29.6 Å². The minimum Gasteiger partial charge on any atom is -0.508 e. The Kier molecular flexibility index (Phi) is 5.46. The molecule has 0 bridgehead atoms. The second-order valence-corrected chi connectivity index (χ2v) is 4.08. The summed E-state index contributed by atoms with van der Waals surface area (Å²) in [6.07, 6.45) is 4.25. The Morgan fingerprint density at radius 1 is 1.18 bits per heavy atom. The fourth-order valence-electron chi connectivity index (χ4n) is 1.69. The number of hydrogen-bond donors (Lipinski definition) is 2. The van der Waals surface area contributed by atoms with E-state index in [0.29, 0.717) is 12.8 Å². The number of aliphatic carboxylic acids is 1. The predicted molar refractivity (Wildman–Crippen MR) is 62.5 cm³/mol. The monoisotopic (exact) mass is 240 g/mol. The number of carboxylic acids is 1. The van der Waals surface area contributed by atoms with Crippen LogP contribution in [0.2, 0.25) is 0 Å². The van der Waals surface area contributed by atoms with E-state index in [0.717, 1.165) is 30.9 Å². The highest BCUT2D eigenvalue weighted by molar-refractivity contribution is 5.66. The maximum atomic E-state index is 12.7.